The second-order valence-electron chi connectivity index (χ2n) is 8.75. The van der Waals surface area contributed by atoms with Gasteiger partial charge in [0.25, 0.3) is 10.5 Å². The molecule has 1 aliphatic carbocycles. The molecule has 0 radical (unpaired) electrons. The molecule has 0 aliphatic heterocycles. The summed E-state index contributed by atoms with van der Waals surface area (Å²) in [5, 5.41) is 10.8. The van der Waals surface area contributed by atoms with Gasteiger partial charge in [0.15, 0.2) is 5.75 Å². The van der Waals surface area contributed by atoms with Crippen molar-refractivity contribution in [3.05, 3.63) is 105 Å². The van der Waals surface area contributed by atoms with Crippen LogP contribution in [-0.2, 0) is 12.8 Å². The Hall–Kier alpha value is -4.52. The highest BCUT2D eigenvalue weighted by Crippen LogP contribution is 2.40. The molecular formula is C28H21N2O5+. The minimum atomic E-state index is -0.662. The Morgan fingerprint density at radius 2 is 1.60 bits per heavy atom. The van der Waals surface area contributed by atoms with Crippen LogP contribution in [0.25, 0.3) is 27.4 Å². The molecule has 0 bridgehead atoms. The van der Waals surface area contributed by atoms with Crippen LogP contribution in [0, 0.1) is 4.91 Å². The Kier molecular flexibility index (Phi) is 4.84. The number of esters is 1. The SMILES string of the molecule is O=C(Oc1c(-c2ccccc2)c(=O)n2c3c(c4cccc1c42)CCCC3)c1ccc([N+](=O)O)cc1. The molecule has 7 heteroatoms. The number of carbonyl (C=O) groups excluding carboxylic acids is 1. The Balaban J connectivity index is 1.61. The molecule has 0 atom stereocenters. The first-order valence-electron chi connectivity index (χ1n) is 11.5. The van der Waals surface area contributed by atoms with Crippen LogP contribution in [0.4, 0.5) is 5.69 Å². The van der Waals surface area contributed by atoms with Gasteiger partial charge >= 0.3 is 11.7 Å². The lowest BCUT2D eigenvalue weighted by atomic mass is 9.95. The van der Waals surface area contributed by atoms with Gasteiger partial charge in [0.2, 0.25) is 0 Å². The lowest BCUT2D eigenvalue weighted by Gasteiger charge is -2.15. The number of aromatic nitrogens is 1. The number of hydrogen-bond donors (Lipinski definition) is 1. The Labute approximate surface area is 199 Å². The summed E-state index contributed by atoms with van der Waals surface area (Å²) in [7, 11) is 0. The molecule has 5 aromatic rings. The molecule has 0 saturated carbocycles. The van der Waals surface area contributed by atoms with E-state index in [1.54, 1.807) is 0 Å². The molecule has 0 spiro atoms. The maximum absolute atomic E-state index is 14.0. The van der Waals surface area contributed by atoms with E-state index in [-0.39, 0.29) is 27.5 Å². The summed E-state index contributed by atoms with van der Waals surface area (Å²) in [6.07, 6.45) is 3.86. The van der Waals surface area contributed by atoms with Gasteiger partial charge < -0.3 is 4.74 Å². The number of aryl methyl sites for hydroxylation is 2. The van der Waals surface area contributed by atoms with Crippen LogP contribution in [0.2, 0.25) is 0 Å². The highest BCUT2D eigenvalue weighted by Gasteiger charge is 2.28. The number of carbonyl (C=O) groups is 1. The monoisotopic (exact) mass is 465 g/mol. The molecule has 6 rings (SSSR count). The summed E-state index contributed by atoms with van der Waals surface area (Å²) in [4.78, 5) is 38.0. The number of hydrogen-bond acceptors (Lipinski definition) is 4. The van der Waals surface area contributed by atoms with E-state index in [0.717, 1.165) is 42.3 Å². The van der Waals surface area contributed by atoms with Gasteiger partial charge in [-0.25, -0.2) is 10.0 Å². The largest absolute Gasteiger partial charge is 0.421 e. The second-order valence-corrected chi connectivity index (χ2v) is 8.75. The van der Waals surface area contributed by atoms with E-state index in [2.05, 4.69) is 0 Å². The average molecular weight is 465 g/mol. The van der Waals surface area contributed by atoms with Crippen LogP contribution in [0.1, 0.15) is 34.5 Å². The molecule has 2 aromatic heterocycles. The Morgan fingerprint density at radius 1 is 0.886 bits per heavy atom. The molecule has 0 unspecified atom stereocenters. The molecule has 7 nitrogen and oxygen atoms in total. The fourth-order valence-electron chi connectivity index (χ4n) is 5.18. The van der Waals surface area contributed by atoms with Crippen molar-refractivity contribution >= 4 is 27.9 Å². The van der Waals surface area contributed by atoms with Crippen molar-refractivity contribution in [2.45, 2.75) is 25.7 Å². The fraction of sp³-hybridized carbons (Fsp3) is 0.143. The standard InChI is InChI=1S/C28H21N2O5/c31-27-24(17-7-2-1-3-8-17)26(35-28(32)18-13-15-19(16-14-18)30(33)34)22-11-6-10-21-20-9-4-5-12-23(20)29(27)25(21)22/h1-3,6-8,10-11,13-16H,4-5,9,12H2,(H,33,34)/q+1. The number of rotatable bonds is 4. The van der Waals surface area contributed by atoms with E-state index in [9.17, 15) is 14.5 Å². The van der Waals surface area contributed by atoms with E-state index < -0.39 is 5.97 Å². The van der Waals surface area contributed by atoms with Gasteiger partial charge in [0.1, 0.15) is 0 Å². The van der Waals surface area contributed by atoms with Crippen LogP contribution in [0.15, 0.2) is 77.6 Å². The normalized spacial score (nSPS) is 13.1. The molecule has 0 fully saturated rings. The summed E-state index contributed by atoms with van der Waals surface area (Å²) >= 11 is 0. The van der Waals surface area contributed by atoms with Crippen molar-refractivity contribution in [2.75, 3.05) is 0 Å². The quantitative estimate of drug-likeness (QED) is 0.281. The van der Waals surface area contributed by atoms with Crippen molar-refractivity contribution in [2.24, 2.45) is 0 Å². The van der Waals surface area contributed by atoms with Crippen molar-refractivity contribution in [3.63, 3.8) is 0 Å². The third kappa shape index (κ3) is 3.27. The molecule has 2 heterocycles. The van der Waals surface area contributed by atoms with Gasteiger partial charge in [0, 0.05) is 28.6 Å². The highest BCUT2D eigenvalue weighted by molar-refractivity contribution is 6.06. The summed E-state index contributed by atoms with van der Waals surface area (Å²) in [6.45, 7) is 0. The topological polar surface area (TPSA) is 88.1 Å². The molecule has 172 valence electrons. The van der Waals surface area contributed by atoms with Crippen LogP contribution in [-0.4, -0.2) is 20.5 Å². The summed E-state index contributed by atoms with van der Waals surface area (Å²) in [5.41, 5.74) is 4.00. The van der Waals surface area contributed by atoms with E-state index in [1.165, 1.54) is 29.8 Å². The lowest BCUT2D eigenvalue weighted by molar-refractivity contribution is -0.729. The Bertz CT molecular complexity index is 1670. The number of para-hydroxylation sites is 1. The lowest BCUT2D eigenvalue weighted by Crippen LogP contribution is -2.21. The molecule has 3 aromatic carbocycles. The first-order valence-corrected chi connectivity index (χ1v) is 11.5. The summed E-state index contributed by atoms with van der Waals surface area (Å²) in [5.74, 6) is -0.444. The first kappa shape index (κ1) is 21.0. The van der Waals surface area contributed by atoms with Crippen LogP contribution < -0.4 is 10.3 Å². The van der Waals surface area contributed by atoms with Gasteiger partial charge in [-0.2, -0.15) is 0 Å². The zero-order valence-corrected chi connectivity index (χ0v) is 18.7. The van der Waals surface area contributed by atoms with Crippen molar-refractivity contribution in [1.29, 1.82) is 0 Å². The van der Waals surface area contributed by atoms with E-state index in [1.807, 2.05) is 52.9 Å². The maximum Gasteiger partial charge on any atom is 0.343 e. The zero-order valence-electron chi connectivity index (χ0n) is 18.7. The number of ether oxygens (including phenoxy) is 1. The van der Waals surface area contributed by atoms with Gasteiger partial charge in [-0.3, -0.25) is 9.20 Å². The van der Waals surface area contributed by atoms with Gasteiger partial charge in [-0.1, -0.05) is 42.5 Å². The number of pyridine rings is 1. The fourth-order valence-corrected chi connectivity index (χ4v) is 5.18. The average Bonchev–Trinajstić information content (AvgIpc) is 3.23. The van der Waals surface area contributed by atoms with Crippen molar-refractivity contribution in [3.8, 4) is 16.9 Å². The second kappa shape index (κ2) is 8.06. The number of benzene rings is 3. The zero-order chi connectivity index (χ0) is 24.1. The molecule has 1 N–H and O–H groups in total. The van der Waals surface area contributed by atoms with Crippen LogP contribution in [0.3, 0.4) is 0 Å². The predicted molar refractivity (Wildman–Crippen MR) is 131 cm³/mol. The first-order chi connectivity index (χ1) is 17.0. The van der Waals surface area contributed by atoms with Gasteiger partial charge in [-0.05, 0) is 55.0 Å². The summed E-state index contributed by atoms with van der Waals surface area (Å²) < 4.78 is 7.76. The maximum atomic E-state index is 14.0. The summed E-state index contributed by atoms with van der Waals surface area (Å²) in [6, 6.07) is 20.5. The number of fused-ring (bicyclic) bond motifs is 3. The van der Waals surface area contributed by atoms with Crippen molar-refractivity contribution in [1.82, 2.24) is 4.40 Å². The molecule has 1 aliphatic rings. The highest BCUT2D eigenvalue weighted by atomic mass is 16.6. The van der Waals surface area contributed by atoms with E-state index in [0.29, 0.717) is 16.5 Å². The third-order valence-electron chi connectivity index (χ3n) is 6.76. The minimum Gasteiger partial charge on any atom is -0.421 e. The molecular weight excluding hydrogens is 444 g/mol. The molecule has 0 saturated heterocycles. The van der Waals surface area contributed by atoms with Gasteiger partial charge in [-0.15, -0.1) is 0 Å². The predicted octanol–water partition coefficient (Wildman–Crippen LogP) is 5.46. The number of nitrogens with zero attached hydrogens (tertiary/aromatic N) is 2. The smallest absolute Gasteiger partial charge is 0.343 e. The van der Waals surface area contributed by atoms with Crippen LogP contribution >= 0.6 is 0 Å². The van der Waals surface area contributed by atoms with E-state index >= 15 is 0 Å². The van der Waals surface area contributed by atoms with Crippen molar-refractivity contribution < 1.29 is 19.7 Å². The molecule has 0 amide bonds. The Morgan fingerprint density at radius 3 is 2.34 bits per heavy atom. The van der Waals surface area contributed by atoms with Crippen LogP contribution in [0.5, 0.6) is 5.75 Å². The van der Waals surface area contributed by atoms with Gasteiger partial charge in [0.05, 0.1) is 21.6 Å². The third-order valence-corrected chi connectivity index (χ3v) is 6.76. The molecule has 35 heavy (non-hydrogen) atoms. The van der Waals surface area contributed by atoms with E-state index in [4.69, 9.17) is 9.94 Å². The minimum absolute atomic E-state index is 0.00763.